The Bertz CT molecular complexity index is 374. The molecule has 0 bridgehead atoms. The fourth-order valence-corrected chi connectivity index (χ4v) is 3.69. The van der Waals surface area contributed by atoms with Crippen molar-refractivity contribution in [3.63, 3.8) is 0 Å². The SMILES string of the molecule is CC1CCC(C(C)C)C(N)(Cc2ccccn2)C1. The summed E-state index contributed by atoms with van der Waals surface area (Å²) in [7, 11) is 0. The normalized spacial score (nSPS) is 32.7. The quantitative estimate of drug-likeness (QED) is 0.887. The second kappa shape index (κ2) is 5.40. The molecule has 1 heterocycles. The van der Waals surface area contributed by atoms with E-state index in [0.29, 0.717) is 11.8 Å². The molecule has 0 amide bonds. The van der Waals surface area contributed by atoms with Crippen LogP contribution in [-0.2, 0) is 6.42 Å². The van der Waals surface area contributed by atoms with Gasteiger partial charge in [0.15, 0.2) is 0 Å². The molecule has 1 saturated carbocycles. The minimum absolute atomic E-state index is 0.0693. The van der Waals surface area contributed by atoms with Gasteiger partial charge in [-0.25, -0.2) is 0 Å². The first-order valence-electron chi connectivity index (χ1n) is 7.20. The van der Waals surface area contributed by atoms with Gasteiger partial charge in [0.1, 0.15) is 0 Å². The zero-order valence-corrected chi connectivity index (χ0v) is 11.9. The topological polar surface area (TPSA) is 38.9 Å². The molecule has 2 N–H and O–H groups in total. The summed E-state index contributed by atoms with van der Waals surface area (Å²) < 4.78 is 0. The minimum Gasteiger partial charge on any atom is -0.324 e. The number of aromatic nitrogens is 1. The lowest BCUT2D eigenvalue weighted by atomic mass is 9.64. The fraction of sp³-hybridized carbons (Fsp3) is 0.688. The number of hydrogen-bond donors (Lipinski definition) is 1. The van der Waals surface area contributed by atoms with Gasteiger partial charge in [-0.15, -0.1) is 0 Å². The van der Waals surface area contributed by atoms with E-state index in [0.717, 1.165) is 24.5 Å². The van der Waals surface area contributed by atoms with Gasteiger partial charge < -0.3 is 5.73 Å². The Labute approximate surface area is 111 Å². The van der Waals surface area contributed by atoms with E-state index in [9.17, 15) is 0 Å². The highest BCUT2D eigenvalue weighted by molar-refractivity contribution is 5.11. The zero-order chi connectivity index (χ0) is 13.2. The lowest BCUT2D eigenvalue weighted by Crippen LogP contribution is -2.54. The Morgan fingerprint density at radius 2 is 2.17 bits per heavy atom. The maximum Gasteiger partial charge on any atom is 0.0422 e. The molecule has 2 nitrogen and oxygen atoms in total. The van der Waals surface area contributed by atoms with Crippen LogP contribution in [0.1, 0.15) is 45.7 Å². The third-order valence-corrected chi connectivity index (χ3v) is 4.48. The van der Waals surface area contributed by atoms with E-state index in [4.69, 9.17) is 5.73 Å². The molecule has 18 heavy (non-hydrogen) atoms. The van der Waals surface area contributed by atoms with Crippen molar-refractivity contribution in [2.24, 2.45) is 23.5 Å². The summed E-state index contributed by atoms with van der Waals surface area (Å²) in [4.78, 5) is 4.46. The van der Waals surface area contributed by atoms with Crippen molar-refractivity contribution in [3.8, 4) is 0 Å². The molecule has 1 aliphatic carbocycles. The maximum atomic E-state index is 6.79. The number of hydrogen-bond acceptors (Lipinski definition) is 2. The first-order valence-corrected chi connectivity index (χ1v) is 7.20. The number of rotatable bonds is 3. The van der Waals surface area contributed by atoms with Gasteiger partial charge >= 0.3 is 0 Å². The summed E-state index contributed by atoms with van der Waals surface area (Å²) >= 11 is 0. The molecule has 1 fully saturated rings. The lowest BCUT2D eigenvalue weighted by Gasteiger charge is -2.46. The molecule has 0 aromatic carbocycles. The smallest absolute Gasteiger partial charge is 0.0422 e. The molecule has 0 radical (unpaired) electrons. The standard InChI is InChI=1S/C16H26N2/c1-12(2)15-8-7-13(3)10-16(15,17)11-14-6-4-5-9-18-14/h4-6,9,12-13,15H,7-8,10-11,17H2,1-3H3. The monoisotopic (exact) mass is 246 g/mol. The predicted molar refractivity (Wildman–Crippen MR) is 76.2 cm³/mol. The Kier molecular flexibility index (Phi) is 4.06. The maximum absolute atomic E-state index is 6.79. The Balaban J connectivity index is 2.19. The molecule has 0 saturated heterocycles. The van der Waals surface area contributed by atoms with Gasteiger partial charge in [0, 0.05) is 23.9 Å². The Morgan fingerprint density at radius 3 is 2.78 bits per heavy atom. The lowest BCUT2D eigenvalue weighted by molar-refractivity contribution is 0.108. The molecular weight excluding hydrogens is 220 g/mol. The van der Waals surface area contributed by atoms with Crippen LogP contribution >= 0.6 is 0 Å². The largest absolute Gasteiger partial charge is 0.324 e. The summed E-state index contributed by atoms with van der Waals surface area (Å²) in [6, 6.07) is 6.13. The van der Waals surface area contributed by atoms with Crippen LogP contribution in [-0.4, -0.2) is 10.5 Å². The first-order chi connectivity index (χ1) is 8.51. The van der Waals surface area contributed by atoms with Crippen LogP contribution in [0.2, 0.25) is 0 Å². The predicted octanol–water partition coefficient (Wildman–Crippen LogP) is 3.41. The van der Waals surface area contributed by atoms with E-state index >= 15 is 0 Å². The van der Waals surface area contributed by atoms with Gasteiger partial charge in [0.05, 0.1) is 0 Å². The summed E-state index contributed by atoms with van der Waals surface area (Å²) in [5, 5.41) is 0. The molecule has 0 spiro atoms. The number of nitrogens with zero attached hydrogens (tertiary/aromatic N) is 1. The minimum atomic E-state index is -0.0693. The summed E-state index contributed by atoms with van der Waals surface area (Å²) in [5.41, 5.74) is 7.86. The molecule has 0 aliphatic heterocycles. The molecular formula is C16H26N2. The van der Waals surface area contributed by atoms with E-state index < -0.39 is 0 Å². The summed E-state index contributed by atoms with van der Waals surface area (Å²) in [6.45, 7) is 6.94. The third kappa shape index (κ3) is 2.92. The van der Waals surface area contributed by atoms with Crippen LogP contribution < -0.4 is 5.73 Å². The summed E-state index contributed by atoms with van der Waals surface area (Å²) in [6.07, 6.45) is 6.51. The van der Waals surface area contributed by atoms with Crippen LogP contribution in [0.4, 0.5) is 0 Å². The van der Waals surface area contributed by atoms with Gasteiger partial charge in [-0.3, -0.25) is 4.98 Å². The van der Waals surface area contributed by atoms with Crippen LogP contribution in [0.3, 0.4) is 0 Å². The second-order valence-corrected chi connectivity index (χ2v) is 6.47. The highest BCUT2D eigenvalue weighted by Crippen LogP contribution is 2.41. The molecule has 2 rings (SSSR count). The van der Waals surface area contributed by atoms with E-state index in [-0.39, 0.29) is 5.54 Å². The molecule has 1 aliphatic rings. The van der Waals surface area contributed by atoms with Crippen LogP contribution in [0, 0.1) is 17.8 Å². The van der Waals surface area contributed by atoms with Gasteiger partial charge in [-0.05, 0) is 42.7 Å². The Hall–Kier alpha value is -0.890. The number of pyridine rings is 1. The number of nitrogens with two attached hydrogens (primary N) is 1. The van der Waals surface area contributed by atoms with Crippen molar-refractivity contribution in [2.75, 3.05) is 0 Å². The molecule has 2 heteroatoms. The van der Waals surface area contributed by atoms with Crippen molar-refractivity contribution in [1.82, 2.24) is 4.98 Å². The van der Waals surface area contributed by atoms with Gasteiger partial charge in [-0.1, -0.05) is 33.3 Å². The first kappa shape index (κ1) is 13.5. The fourth-order valence-electron chi connectivity index (χ4n) is 3.69. The van der Waals surface area contributed by atoms with Crippen molar-refractivity contribution >= 4 is 0 Å². The van der Waals surface area contributed by atoms with Crippen molar-refractivity contribution in [3.05, 3.63) is 30.1 Å². The second-order valence-electron chi connectivity index (χ2n) is 6.47. The van der Waals surface area contributed by atoms with E-state index in [2.05, 4.69) is 37.9 Å². The van der Waals surface area contributed by atoms with Gasteiger partial charge in [-0.2, -0.15) is 0 Å². The van der Waals surface area contributed by atoms with E-state index in [1.807, 2.05) is 12.3 Å². The van der Waals surface area contributed by atoms with Gasteiger partial charge in [0.25, 0.3) is 0 Å². The van der Waals surface area contributed by atoms with Gasteiger partial charge in [0.2, 0.25) is 0 Å². The van der Waals surface area contributed by atoms with Crippen molar-refractivity contribution in [2.45, 2.75) is 52.0 Å². The summed E-state index contributed by atoms with van der Waals surface area (Å²) in [5.74, 6) is 2.02. The molecule has 1 aromatic rings. The molecule has 3 atom stereocenters. The average Bonchev–Trinajstić information content (AvgIpc) is 2.28. The molecule has 1 aromatic heterocycles. The van der Waals surface area contributed by atoms with Crippen LogP contribution in [0.5, 0.6) is 0 Å². The van der Waals surface area contributed by atoms with Crippen molar-refractivity contribution < 1.29 is 0 Å². The van der Waals surface area contributed by atoms with Crippen molar-refractivity contribution in [1.29, 1.82) is 0 Å². The molecule has 100 valence electrons. The van der Waals surface area contributed by atoms with Crippen LogP contribution in [0.25, 0.3) is 0 Å². The molecule has 3 unspecified atom stereocenters. The average molecular weight is 246 g/mol. The highest BCUT2D eigenvalue weighted by atomic mass is 14.8. The zero-order valence-electron chi connectivity index (χ0n) is 11.9. The van der Waals surface area contributed by atoms with E-state index in [1.54, 1.807) is 0 Å². The highest BCUT2D eigenvalue weighted by Gasteiger charge is 2.41. The third-order valence-electron chi connectivity index (χ3n) is 4.48. The van der Waals surface area contributed by atoms with E-state index in [1.165, 1.54) is 12.8 Å². The van der Waals surface area contributed by atoms with Crippen LogP contribution in [0.15, 0.2) is 24.4 Å². The Morgan fingerprint density at radius 1 is 1.39 bits per heavy atom.